The van der Waals surface area contributed by atoms with Crippen LogP contribution in [-0.2, 0) is 10.8 Å². The molecule has 2 saturated carbocycles. The number of phenols is 4. The molecular formula is C54H78O6. The molecule has 0 heterocycles. The molecule has 6 nitrogen and oxygen atoms in total. The molecule has 2 aromatic carbocycles. The third-order valence-electron chi connectivity index (χ3n) is 14.8. The molecule has 0 radical (unpaired) electrons. The molecule has 4 atom stereocenters. The first kappa shape index (κ1) is 47.3. The third-order valence-corrected chi connectivity index (χ3v) is 14.8. The Morgan fingerprint density at radius 2 is 1.08 bits per heavy atom. The maximum Gasteiger partial charge on any atom is 0.123 e. The molecular weight excluding hydrogens is 745 g/mol. The van der Waals surface area contributed by atoms with Crippen molar-refractivity contribution in [1.29, 1.82) is 0 Å². The Hall–Kier alpha value is -3.74. The number of phenolic OH excluding ortho intramolecular Hbond substituents is 4. The van der Waals surface area contributed by atoms with Gasteiger partial charge in [-0.3, -0.25) is 0 Å². The number of aliphatic hydroxyl groups is 2. The Balaban J connectivity index is 0.000000228. The van der Waals surface area contributed by atoms with Crippen LogP contribution in [0.1, 0.15) is 190 Å². The number of hydrogen-bond acceptors (Lipinski definition) is 6. The van der Waals surface area contributed by atoms with E-state index in [9.17, 15) is 30.6 Å². The van der Waals surface area contributed by atoms with Crippen molar-refractivity contribution in [1.82, 2.24) is 0 Å². The van der Waals surface area contributed by atoms with Gasteiger partial charge in [0, 0.05) is 28.4 Å². The second kappa shape index (κ2) is 21.9. The van der Waals surface area contributed by atoms with Gasteiger partial charge in [-0.25, -0.2) is 0 Å². The van der Waals surface area contributed by atoms with E-state index in [0.29, 0.717) is 11.1 Å². The third kappa shape index (κ3) is 11.0. The predicted molar refractivity (Wildman–Crippen MR) is 248 cm³/mol. The van der Waals surface area contributed by atoms with Gasteiger partial charge in [0.05, 0.1) is 13.2 Å². The molecule has 0 aliphatic heterocycles. The van der Waals surface area contributed by atoms with E-state index in [0.717, 1.165) is 97.6 Å². The SMILES string of the molecule is C=C(C)C1CCC(CO)=C[C@@H]1c1c(O)cc(C2(/C=C\CCCC)CCCC2)cc1O.C=C(C)C1CCC(CO)=C[C@@H]1c1c(O)cc(C2(CCCCCC)CCCC2)cc1O. The molecule has 2 unspecified atom stereocenters. The molecule has 0 saturated heterocycles. The molecule has 2 fully saturated rings. The van der Waals surface area contributed by atoms with Crippen LogP contribution in [0.5, 0.6) is 23.0 Å². The zero-order valence-corrected chi connectivity index (χ0v) is 37.6. The lowest BCUT2D eigenvalue weighted by Crippen LogP contribution is -2.23. The number of unbranched alkanes of at least 4 members (excludes halogenated alkanes) is 5. The summed E-state index contributed by atoms with van der Waals surface area (Å²) in [7, 11) is 0. The van der Waals surface area contributed by atoms with E-state index >= 15 is 0 Å². The highest BCUT2D eigenvalue weighted by Gasteiger charge is 2.39. The number of hydrogen-bond donors (Lipinski definition) is 6. The smallest absolute Gasteiger partial charge is 0.123 e. The number of benzene rings is 2. The molecule has 6 N–H and O–H groups in total. The van der Waals surface area contributed by atoms with E-state index in [1.54, 1.807) is 0 Å². The quantitative estimate of drug-likeness (QED) is 0.0698. The Labute approximate surface area is 362 Å². The van der Waals surface area contributed by atoms with Crippen molar-refractivity contribution in [2.24, 2.45) is 11.8 Å². The fraction of sp³-hybridized carbons (Fsp3) is 0.593. The lowest BCUT2D eigenvalue weighted by Gasteiger charge is -2.34. The van der Waals surface area contributed by atoms with Crippen LogP contribution < -0.4 is 0 Å². The Morgan fingerprint density at radius 3 is 1.52 bits per heavy atom. The fourth-order valence-electron chi connectivity index (χ4n) is 11.2. The van der Waals surface area contributed by atoms with Gasteiger partial charge in [-0.2, -0.15) is 0 Å². The van der Waals surface area contributed by atoms with Crippen molar-refractivity contribution in [3.8, 4) is 23.0 Å². The van der Waals surface area contributed by atoms with Gasteiger partial charge in [0.1, 0.15) is 23.0 Å². The van der Waals surface area contributed by atoms with Crippen molar-refractivity contribution in [2.45, 2.75) is 179 Å². The maximum absolute atomic E-state index is 11.1. The lowest BCUT2D eigenvalue weighted by atomic mass is 9.71. The topological polar surface area (TPSA) is 121 Å². The molecule has 0 aromatic heterocycles. The van der Waals surface area contributed by atoms with Gasteiger partial charge < -0.3 is 30.6 Å². The average molecular weight is 823 g/mol. The molecule has 6 rings (SSSR count). The highest BCUT2D eigenvalue weighted by Crippen LogP contribution is 2.53. The highest BCUT2D eigenvalue weighted by molar-refractivity contribution is 5.55. The van der Waals surface area contributed by atoms with Crippen LogP contribution in [0.25, 0.3) is 0 Å². The van der Waals surface area contributed by atoms with Gasteiger partial charge >= 0.3 is 0 Å². The highest BCUT2D eigenvalue weighted by atomic mass is 16.3. The predicted octanol–water partition coefficient (Wildman–Crippen LogP) is 13.5. The van der Waals surface area contributed by atoms with Crippen LogP contribution >= 0.6 is 0 Å². The number of allylic oxidation sites excluding steroid dienone is 6. The van der Waals surface area contributed by atoms with Crippen LogP contribution in [-0.4, -0.2) is 43.9 Å². The number of aromatic hydroxyl groups is 4. The summed E-state index contributed by atoms with van der Waals surface area (Å²) in [5.41, 5.74) is 7.32. The van der Waals surface area contributed by atoms with Gasteiger partial charge in [0.25, 0.3) is 0 Å². The molecule has 4 aliphatic carbocycles. The summed E-state index contributed by atoms with van der Waals surface area (Å²) in [6.45, 7) is 16.8. The van der Waals surface area contributed by atoms with E-state index < -0.39 is 0 Å². The summed E-state index contributed by atoms with van der Waals surface area (Å²) < 4.78 is 0. The molecule has 4 aliphatic rings. The van der Waals surface area contributed by atoms with Crippen LogP contribution in [0.4, 0.5) is 0 Å². The summed E-state index contributed by atoms with van der Waals surface area (Å²) in [4.78, 5) is 0. The monoisotopic (exact) mass is 823 g/mol. The van der Waals surface area contributed by atoms with Gasteiger partial charge in [-0.05, 0) is 142 Å². The molecule has 0 bridgehead atoms. The Morgan fingerprint density at radius 1 is 0.633 bits per heavy atom. The normalized spacial score (nSPS) is 23.5. The lowest BCUT2D eigenvalue weighted by molar-refractivity contribution is 0.314. The van der Waals surface area contributed by atoms with Crippen LogP contribution in [0.2, 0.25) is 0 Å². The second-order valence-corrected chi connectivity index (χ2v) is 19.1. The minimum Gasteiger partial charge on any atom is -0.507 e. The molecule has 6 heteroatoms. The van der Waals surface area contributed by atoms with Crippen molar-refractivity contribution < 1.29 is 30.6 Å². The molecule has 60 heavy (non-hydrogen) atoms. The number of aliphatic hydroxyl groups excluding tert-OH is 2. The summed E-state index contributed by atoms with van der Waals surface area (Å²) in [5, 5.41) is 63.6. The largest absolute Gasteiger partial charge is 0.507 e. The van der Waals surface area contributed by atoms with E-state index in [4.69, 9.17) is 0 Å². The van der Waals surface area contributed by atoms with Gasteiger partial charge in [0.2, 0.25) is 0 Å². The molecule has 0 spiro atoms. The van der Waals surface area contributed by atoms with Gasteiger partial charge in [-0.1, -0.05) is 127 Å². The first-order valence-corrected chi connectivity index (χ1v) is 23.6. The zero-order chi connectivity index (χ0) is 43.5. The average Bonchev–Trinajstić information content (AvgIpc) is 3.92. The van der Waals surface area contributed by atoms with Gasteiger partial charge in [0.15, 0.2) is 0 Å². The zero-order valence-electron chi connectivity index (χ0n) is 37.6. The Bertz CT molecular complexity index is 1800. The summed E-state index contributed by atoms with van der Waals surface area (Å²) in [6, 6.07) is 7.61. The summed E-state index contributed by atoms with van der Waals surface area (Å²) in [6.07, 6.45) is 30.8. The van der Waals surface area contributed by atoms with E-state index in [1.807, 2.05) is 50.3 Å². The van der Waals surface area contributed by atoms with Crippen molar-refractivity contribution in [3.63, 3.8) is 0 Å². The first-order valence-electron chi connectivity index (χ1n) is 23.6. The van der Waals surface area contributed by atoms with Crippen molar-refractivity contribution in [3.05, 3.63) is 106 Å². The Kier molecular flexibility index (Phi) is 17.2. The molecule has 0 amide bonds. The summed E-state index contributed by atoms with van der Waals surface area (Å²) >= 11 is 0. The van der Waals surface area contributed by atoms with E-state index in [1.165, 1.54) is 64.2 Å². The van der Waals surface area contributed by atoms with Crippen LogP contribution in [0.15, 0.2) is 84.0 Å². The van der Waals surface area contributed by atoms with Crippen molar-refractivity contribution >= 4 is 0 Å². The summed E-state index contributed by atoms with van der Waals surface area (Å²) in [5.74, 6) is 0.710. The molecule has 2 aromatic rings. The first-order chi connectivity index (χ1) is 28.8. The van der Waals surface area contributed by atoms with Crippen LogP contribution in [0, 0.1) is 11.8 Å². The minimum atomic E-state index is -0.160. The van der Waals surface area contributed by atoms with Crippen LogP contribution in [0.3, 0.4) is 0 Å². The second-order valence-electron chi connectivity index (χ2n) is 19.1. The number of rotatable bonds is 17. The minimum absolute atomic E-state index is 0.0185. The maximum atomic E-state index is 11.1. The fourth-order valence-corrected chi connectivity index (χ4v) is 11.2. The van der Waals surface area contributed by atoms with Crippen molar-refractivity contribution in [2.75, 3.05) is 13.2 Å². The van der Waals surface area contributed by atoms with Gasteiger partial charge in [-0.15, -0.1) is 0 Å². The standard InChI is InChI=1S/C27H40O3.C27H38O3/c2*1-4-5-6-7-12-27(13-8-9-14-27)21-16-24(29)26(25(30)17-21)23-15-20(18-28)10-11-22(23)19(2)3/h15-17,22-23,28-30H,2,4-14,18H2,1,3H3;7,12,15-17,22-23,28-30H,2,4-6,8-11,13-14,18H2,1,3H3/b;12-7-/t2*22?,23-/m00/s1. The molecule has 330 valence electrons. The van der Waals surface area contributed by atoms with E-state index in [-0.39, 0.29) is 70.7 Å². The van der Waals surface area contributed by atoms with E-state index in [2.05, 4.69) is 39.2 Å².